The Bertz CT molecular complexity index is 431. The van der Waals surface area contributed by atoms with E-state index in [1.54, 1.807) is 0 Å². The molecule has 1 aliphatic carbocycles. The first-order chi connectivity index (χ1) is 9.45. The Morgan fingerprint density at radius 1 is 1.10 bits per heavy atom. The smallest absolute Gasteiger partial charge is 0.102 e. The second-order valence-corrected chi connectivity index (χ2v) is 6.73. The van der Waals surface area contributed by atoms with Crippen molar-refractivity contribution in [2.75, 3.05) is 6.61 Å². The molecule has 112 valence electrons. The molecule has 0 saturated heterocycles. The van der Waals surface area contributed by atoms with Crippen LogP contribution in [0.15, 0.2) is 18.2 Å². The van der Waals surface area contributed by atoms with E-state index < -0.39 is 6.10 Å². The number of hydrogen-bond donors (Lipinski definition) is 1. The summed E-state index contributed by atoms with van der Waals surface area (Å²) < 4.78 is 5.96. The van der Waals surface area contributed by atoms with Gasteiger partial charge in [0.1, 0.15) is 6.10 Å². The maximum atomic E-state index is 10.3. The summed E-state index contributed by atoms with van der Waals surface area (Å²) in [5.41, 5.74) is 3.45. The summed E-state index contributed by atoms with van der Waals surface area (Å²) in [5.74, 6) is 1.48. The Kier molecular flexibility index (Phi) is 5.22. The van der Waals surface area contributed by atoms with Crippen LogP contribution in [0.25, 0.3) is 0 Å². The lowest BCUT2D eigenvalue weighted by Gasteiger charge is -2.32. The fourth-order valence-corrected chi connectivity index (χ4v) is 3.30. The molecule has 3 unspecified atom stereocenters. The maximum Gasteiger partial charge on any atom is 0.102 e. The van der Waals surface area contributed by atoms with Gasteiger partial charge in [-0.15, -0.1) is 0 Å². The highest BCUT2D eigenvalue weighted by Gasteiger charge is 2.25. The Morgan fingerprint density at radius 2 is 1.75 bits per heavy atom. The molecule has 0 bridgehead atoms. The van der Waals surface area contributed by atoms with Gasteiger partial charge in [0.2, 0.25) is 0 Å². The molecule has 0 radical (unpaired) electrons. The molecule has 0 spiro atoms. The number of aliphatic hydroxyl groups is 1. The van der Waals surface area contributed by atoms with Gasteiger partial charge in [0.05, 0.1) is 12.7 Å². The van der Waals surface area contributed by atoms with Crippen molar-refractivity contribution in [2.45, 2.75) is 59.2 Å². The van der Waals surface area contributed by atoms with Crippen LogP contribution in [0.5, 0.6) is 0 Å². The van der Waals surface area contributed by atoms with Crippen molar-refractivity contribution in [3.63, 3.8) is 0 Å². The monoisotopic (exact) mass is 276 g/mol. The third-order valence-corrected chi connectivity index (χ3v) is 4.54. The van der Waals surface area contributed by atoms with Crippen LogP contribution in [0.4, 0.5) is 0 Å². The van der Waals surface area contributed by atoms with E-state index in [-0.39, 0.29) is 0 Å². The van der Waals surface area contributed by atoms with Gasteiger partial charge < -0.3 is 9.84 Å². The fourth-order valence-electron chi connectivity index (χ4n) is 3.30. The average Bonchev–Trinajstić information content (AvgIpc) is 2.38. The van der Waals surface area contributed by atoms with Crippen LogP contribution in [0.1, 0.15) is 55.9 Å². The third kappa shape index (κ3) is 4.07. The molecular formula is C18H28O2. The van der Waals surface area contributed by atoms with Crippen molar-refractivity contribution in [3.05, 3.63) is 34.9 Å². The number of aliphatic hydroxyl groups excluding tert-OH is 1. The van der Waals surface area contributed by atoms with Gasteiger partial charge in [0.25, 0.3) is 0 Å². The molecule has 0 aromatic heterocycles. The summed E-state index contributed by atoms with van der Waals surface area (Å²) in [6, 6.07) is 6.14. The largest absolute Gasteiger partial charge is 0.386 e. The summed E-state index contributed by atoms with van der Waals surface area (Å²) in [4.78, 5) is 0. The second-order valence-electron chi connectivity index (χ2n) is 6.73. The standard InChI is InChI=1S/C18H28O2/c1-12-7-13(2)9-17(8-12)20-11-18(19)16-6-5-14(3)15(4)10-16/h5-6,10,12-13,17-19H,7-9,11H2,1-4H3. The third-order valence-electron chi connectivity index (χ3n) is 4.54. The van der Waals surface area contributed by atoms with E-state index in [2.05, 4.69) is 39.8 Å². The Labute approximate surface area is 123 Å². The molecule has 1 fully saturated rings. The van der Waals surface area contributed by atoms with Crippen LogP contribution < -0.4 is 0 Å². The molecule has 1 aromatic carbocycles. The number of rotatable bonds is 4. The first-order valence-corrected chi connectivity index (χ1v) is 7.82. The van der Waals surface area contributed by atoms with Crippen molar-refractivity contribution in [2.24, 2.45) is 11.8 Å². The van der Waals surface area contributed by atoms with Crippen molar-refractivity contribution in [1.29, 1.82) is 0 Å². The van der Waals surface area contributed by atoms with Crippen LogP contribution >= 0.6 is 0 Å². The Morgan fingerprint density at radius 3 is 2.35 bits per heavy atom. The first-order valence-electron chi connectivity index (χ1n) is 7.82. The molecule has 2 rings (SSSR count). The lowest BCUT2D eigenvalue weighted by molar-refractivity contribution is -0.0412. The van der Waals surface area contributed by atoms with E-state index >= 15 is 0 Å². The molecule has 3 atom stereocenters. The lowest BCUT2D eigenvalue weighted by Crippen LogP contribution is -2.27. The molecule has 0 heterocycles. The van der Waals surface area contributed by atoms with Gasteiger partial charge in [-0.2, -0.15) is 0 Å². The fraction of sp³-hybridized carbons (Fsp3) is 0.667. The van der Waals surface area contributed by atoms with Crippen molar-refractivity contribution >= 4 is 0 Å². The average molecular weight is 276 g/mol. The molecule has 1 aromatic rings. The van der Waals surface area contributed by atoms with Crippen molar-refractivity contribution in [1.82, 2.24) is 0 Å². The van der Waals surface area contributed by atoms with Gasteiger partial charge in [0.15, 0.2) is 0 Å². The summed E-state index contributed by atoms with van der Waals surface area (Å²) >= 11 is 0. The SMILES string of the molecule is Cc1ccc(C(O)COC2CC(C)CC(C)C2)cc1C. The van der Waals surface area contributed by atoms with E-state index in [9.17, 15) is 5.11 Å². The van der Waals surface area contributed by atoms with Gasteiger partial charge in [0, 0.05) is 0 Å². The summed E-state index contributed by atoms with van der Waals surface area (Å²) in [5, 5.41) is 10.3. The normalized spacial score (nSPS) is 28.4. The predicted octanol–water partition coefficient (Wildman–Crippen LogP) is 4.18. The minimum Gasteiger partial charge on any atom is -0.386 e. The van der Waals surface area contributed by atoms with Crippen LogP contribution in [0.2, 0.25) is 0 Å². The summed E-state index contributed by atoms with van der Waals surface area (Å²) in [7, 11) is 0. The summed E-state index contributed by atoms with van der Waals surface area (Å²) in [6.07, 6.45) is 3.37. The van der Waals surface area contributed by atoms with E-state index in [1.165, 1.54) is 17.5 Å². The van der Waals surface area contributed by atoms with Crippen molar-refractivity contribution < 1.29 is 9.84 Å². The number of ether oxygens (including phenoxy) is 1. The highest BCUT2D eigenvalue weighted by atomic mass is 16.5. The number of aryl methyl sites for hydroxylation is 2. The summed E-state index contributed by atoms with van der Waals surface area (Å²) in [6.45, 7) is 9.17. The second kappa shape index (κ2) is 6.73. The molecule has 2 nitrogen and oxygen atoms in total. The quantitative estimate of drug-likeness (QED) is 0.894. The van der Waals surface area contributed by atoms with Gasteiger partial charge in [-0.05, 0) is 61.6 Å². The van der Waals surface area contributed by atoms with Gasteiger partial charge in [-0.25, -0.2) is 0 Å². The predicted molar refractivity (Wildman–Crippen MR) is 82.8 cm³/mol. The maximum absolute atomic E-state index is 10.3. The lowest BCUT2D eigenvalue weighted by atomic mass is 9.82. The first kappa shape index (κ1) is 15.5. The van der Waals surface area contributed by atoms with Crippen LogP contribution in [0, 0.1) is 25.7 Å². The molecule has 20 heavy (non-hydrogen) atoms. The molecule has 1 N–H and O–H groups in total. The van der Waals surface area contributed by atoms with Gasteiger partial charge in [-0.3, -0.25) is 0 Å². The zero-order valence-corrected chi connectivity index (χ0v) is 13.2. The van der Waals surface area contributed by atoms with E-state index in [4.69, 9.17) is 4.74 Å². The minimum absolute atomic E-state index is 0.315. The molecule has 0 amide bonds. The zero-order valence-electron chi connectivity index (χ0n) is 13.2. The number of benzene rings is 1. The Hall–Kier alpha value is -0.860. The van der Waals surface area contributed by atoms with E-state index in [0.29, 0.717) is 12.7 Å². The highest BCUT2D eigenvalue weighted by molar-refractivity contribution is 5.31. The van der Waals surface area contributed by atoms with E-state index in [0.717, 1.165) is 30.2 Å². The topological polar surface area (TPSA) is 29.5 Å². The van der Waals surface area contributed by atoms with E-state index in [1.807, 2.05) is 6.07 Å². The Balaban J connectivity index is 1.88. The zero-order chi connectivity index (χ0) is 14.7. The number of hydrogen-bond acceptors (Lipinski definition) is 2. The van der Waals surface area contributed by atoms with Crippen LogP contribution in [-0.4, -0.2) is 17.8 Å². The molecule has 0 aliphatic heterocycles. The molecule has 2 heteroatoms. The van der Waals surface area contributed by atoms with Gasteiger partial charge in [-0.1, -0.05) is 32.0 Å². The minimum atomic E-state index is -0.512. The molecule has 1 saturated carbocycles. The molecular weight excluding hydrogens is 248 g/mol. The van der Waals surface area contributed by atoms with Crippen LogP contribution in [0.3, 0.4) is 0 Å². The molecule has 1 aliphatic rings. The highest BCUT2D eigenvalue weighted by Crippen LogP contribution is 2.31. The van der Waals surface area contributed by atoms with Crippen molar-refractivity contribution in [3.8, 4) is 0 Å². The van der Waals surface area contributed by atoms with Crippen LogP contribution in [-0.2, 0) is 4.74 Å². The van der Waals surface area contributed by atoms with Gasteiger partial charge >= 0.3 is 0 Å².